The molecule has 0 unspecified atom stereocenters. The highest BCUT2D eigenvalue weighted by molar-refractivity contribution is 7.90. The first kappa shape index (κ1) is 25.7. The van der Waals surface area contributed by atoms with Gasteiger partial charge < -0.3 is 25.2 Å². The molecule has 2 aromatic rings. The lowest BCUT2D eigenvalue weighted by Crippen LogP contribution is -2.34. The summed E-state index contributed by atoms with van der Waals surface area (Å²) < 4.78 is 35.0. The topological polar surface area (TPSA) is 148 Å². The summed E-state index contributed by atoms with van der Waals surface area (Å²) in [7, 11) is -2.11. The van der Waals surface area contributed by atoms with E-state index in [0.29, 0.717) is 23.7 Å². The summed E-state index contributed by atoms with van der Waals surface area (Å²) in [5.41, 5.74) is -0.242. The average Bonchev–Trinajstić information content (AvgIpc) is 2.71. The summed E-state index contributed by atoms with van der Waals surface area (Å²) >= 11 is 0. The standard InChI is InChI=1S/C22H26N2O8S/c1-5-32-19-11-14(9-10-18(19)31-3)17(12-33(4,29)30)24-21(26)20-15(22(27)28)7-6-8-16(20)23-13(2)25/h6-11,17H,5,12H2,1-4H3,(H,23,25)(H,24,26)(H,27,28)/t17-/m1/s1. The number of ether oxygens (including phenoxy) is 2. The number of carbonyl (C=O) groups excluding carboxylic acids is 2. The number of carboxylic acids is 1. The SMILES string of the molecule is CCOc1cc([C@@H](CS(C)(=O)=O)NC(=O)c2c(NC(C)=O)cccc2C(=O)O)ccc1OC. The molecule has 2 rings (SSSR count). The van der Waals surface area contributed by atoms with Crippen molar-refractivity contribution >= 4 is 33.3 Å². The first-order valence-electron chi connectivity index (χ1n) is 9.90. The number of hydrogen-bond acceptors (Lipinski definition) is 7. The molecule has 0 bridgehead atoms. The zero-order valence-corrected chi connectivity index (χ0v) is 19.5. The number of carboxylic acid groups (broad SMARTS) is 1. The Labute approximate surface area is 191 Å². The van der Waals surface area contributed by atoms with Gasteiger partial charge in [0, 0.05) is 13.2 Å². The van der Waals surface area contributed by atoms with E-state index in [1.807, 2.05) is 0 Å². The van der Waals surface area contributed by atoms with Gasteiger partial charge in [-0.1, -0.05) is 12.1 Å². The van der Waals surface area contributed by atoms with E-state index in [1.165, 1.54) is 32.2 Å². The van der Waals surface area contributed by atoms with E-state index in [9.17, 15) is 27.9 Å². The Morgan fingerprint density at radius 2 is 1.82 bits per heavy atom. The molecule has 1 atom stereocenters. The lowest BCUT2D eigenvalue weighted by atomic mass is 10.0. The molecule has 0 fully saturated rings. The van der Waals surface area contributed by atoms with Gasteiger partial charge in [0.05, 0.1) is 42.3 Å². The van der Waals surface area contributed by atoms with Crippen LogP contribution in [0, 0.1) is 0 Å². The Morgan fingerprint density at radius 1 is 1.12 bits per heavy atom. The Hall–Kier alpha value is -3.60. The molecule has 2 amide bonds. The minimum absolute atomic E-state index is 0.0114. The van der Waals surface area contributed by atoms with Crippen LogP contribution in [0.5, 0.6) is 11.5 Å². The van der Waals surface area contributed by atoms with Crippen molar-refractivity contribution in [2.75, 3.05) is 31.0 Å². The van der Waals surface area contributed by atoms with Crippen LogP contribution in [-0.4, -0.2) is 57.0 Å². The fourth-order valence-electron chi connectivity index (χ4n) is 3.20. The van der Waals surface area contributed by atoms with Gasteiger partial charge in [-0.3, -0.25) is 9.59 Å². The highest BCUT2D eigenvalue weighted by atomic mass is 32.2. The molecule has 0 heterocycles. The Kier molecular flexibility index (Phi) is 8.41. The van der Waals surface area contributed by atoms with Crippen LogP contribution in [0.15, 0.2) is 36.4 Å². The summed E-state index contributed by atoms with van der Waals surface area (Å²) in [6.45, 7) is 3.32. The molecule has 0 aromatic heterocycles. The third kappa shape index (κ3) is 6.94. The van der Waals surface area contributed by atoms with Crippen LogP contribution < -0.4 is 20.1 Å². The highest BCUT2D eigenvalue weighted by Crippen LogP contribution is 2.31. The van der Waals surface area contributed by atoms with Crippen LogP contribution >= 0.6 is 0 Å². The van der Waals surface area contributed by atoms with E-state index >= 15 is 0 Å². The number of hydrogen-bond donors (Lipinski definition) is 3. The number of methoxy groups -OCH3 is 1. The molecule has 2 aromatic carbocycles. The van der Waals surface area contributed by atoms with Gasteiger partial charge in [0.25, 0.3) is 5.91 Å². The monoisotopic (exact) mass is 478 g/mol. The van der Waals surface area contributed by atoms with Gasteiger partial charge in [0.2, 0.25) is 5.91 Å². The molecule has 0 aliphatic carbocycles. The number of benzene rings is 2. The number of rotatable bonds is 10. The number of nitrogens with one attached hydrogen (secondary N) is 2. The summed E-state index contributed by atoms with van der Waals surface area (Å²) in [4.78, 5) is 36.5. The van der Waals surface area contributed by atoms with Crippen molar-refractivity contribution in [1.82, 2.24) is 5.32 Å². The smallest absolute Gasteiger partial charge is 0.336 e. The molecule has 11 heteroatoms. The van der Waals surface area contributed by atoms with Crippen LogP contribution in [0.2, 0.25) is 0 Å². The van der Waals surface area contributed by atoms with Crippen LogP contribution in [0.3, 0.4) is 0 Å². The van der Waals surface area contributed by atoms with E-state index < -0.39 is 39.4 Å². The first-order valence-corrected chi connectivity index (χ1v) is 12.0. The Morgan fingerprint density at radius 3 is 2.36 bits per heavy atom. The number of anilines is 1. The predicted molar refractivity (Wildman–Crippen MR) is 122 cm³/mol. The second kappa shape index (κ2) is 10.8. The van der Waals surface area contributed by atoms with Gasteiger partial charge in [-0.05, 0) is 36.8 Å². The maximum absolute atomic E-state index is 13.2. The van der Waals surface area contributed by atoms with Gasteiger partial charge in [0.1, 0.15) is 9.84 Å². The van der Waals surface area contributed by atoms with Gasteiger partial charge >= 0.3 is 5.97 Å². The van der Waals surface area contributed by atoms with E-state index in [1.54, 1.807) is 25.1 Å². The fourth-order valence-corrected chi connectivity index (χ4v) is 4.08. The predicted octanol–water partition coefficient (Wildman–Crippen LogP) is 2.27. The maximum Gasteiger partial charge on any atom is 0.336 e. The van der Waals surface area contributed by atoms with Crippen molar-refractivity contribution in [1.29, 1.82) is 0 Å². The molecular formula is C22H26N2O8S. The quantitative estimate of drug-likeness (QED) is 0.471. The van der Waals surface area contributed by atoms with Crippen LogP contribution in [0.25, 0.3) is 0 Å². The second-order valence-corrected chi connectivity index (χ2v) is 9.36. The lowest BCUT2D eigenvalue weighted by Gasteiger charge is -2.21. The van der Waals surface area contributed by atoms with Crippen molar-refractivity contribution in [3.8, 4) is 11.5 Å². The van der Waals surface area contributed by atoms with Gasteiger partial charge in [-0.15, -0.1) is 0 Å². The maximum atomic E-state index is 13.2. The van der Waals surface area contributed by atoms with Gasteiger partial charge in [0.15, 0.2) is 11.5 Å². The molecule has 0 spiro atoms. The largest absolute Gasteiger partial charge is 0.493 e. The molecule has 0 saturated carbocycles. The Balaban J connectivity index is 2.55. The van der Waals surface area contributed by atoms with Crippen LogP contribution in [0.4, 0.5) is 5.69 Å². The number of aromatic carboxylic acids is 1. The number of amides is 2. The fraction of sp³-hybridized carbons (Fsp3) is 0.318. The highest BCUT2D eigenvalue weighted by Gasteiger charge is 2.26. The van der Waals surface area contributed by atoms with Crippen molar-refractivity contribution in [2.45, 2.75) is 19.9 Å². The normalized spacial score (nSPS) is 11.9. The zero-order chi connectivity index (χ0) is 24.8. The van der Waals surface area contributed by atoms with Crippen LogP contribution in [-0.2, 0) is 14.6 Å². The molecule has 33 heavy (non-hydrogen) atoms. The number of carbonyl (C=O) groups is 3. The minimum atomic E-state index is -3.57. The third-order valence-electron chi connectivity index (χ3n) is 4.50. The van der Waals surface area contributed by atoms with Crippen molar-refractivity contribution < 1.29 is 37.4 Å². The summed E-state index contributed by atoms with van der Waals surface area (Å²) in [5, 5.41) is 14.6. The minimum Gasteiger partial charge on any atom is -0.493 e. The molecule has 178 valence electrons. The second-order valence-electron chi connectivity index (χ2n) is 7.18. The average molecular weight is 479 g/mol. The van der Waals surface area contributed by atoms with Gasteiger partial charge in [-0.25, -0.2) is 13.2 Å². The Bertz CT molecular complexity index is 1160. The number of sulfone groups is 1. The van der Waals surface area contributed by atoms with E-state index in [-0.39, 0.29) is 16.8 Å². The molecule has 0 saturated heterocycles. The molecule has 0 aliphatic heterocycles. The summed E-state index contributed by atoms with van der Waals surface area (Å²) in [6, 6.07) is 7.66. The molecular weight excluding hydrogens is 452 g/mol. The van der Waals surface area contributed by atoms with E-state index in [4.69, 9.17) is 9.47 Å². The van der Waals surface area contributed by atoms with Crippen molar-refractivity contribution in [2.24, 2.45) is 0 Å². The lowest BCUT2D eigenvalue weighted by molar-refractivity contribution is -0.114. The van der Waals surface area contributed by atoms with Gasteiger partial charge in [-0.2, -0.15) is 0 Å². The molecule has 0 radical (unpaired) electrons. The van der Waals surface area contributed by atoms with E-state index in [2.05, 4.69) is 10.6 Å². The summed E-state index contributed by atoms with van der Waals surface area (Å²) in [6.07, 6.45) is 1.02. The molecule has 0 aliphatic rings. The van der Waals surface area contributed by atoms with Crippen molar-refractivity contribution in [3.63, 3.8) is 0 Å². The molecule has 3 N–H and O–H groups in total. The first-order chi connectivity index (χ1) is 15.5. The third-order valence-corrected chi connectivity index (χ3v) is 5.44. The van der Waals surface area contributed by atoms with Crippen LogP contribution in [0.1, 0.15) is 46.2 Å². The molecule has 10 nitrogen and oxygen atoms in total. The van der Waals surface area contributed by atoms with E-state index in [0.717, 1.165) is 6.26 Å². The summed E-state index contributed by atoms with van der Waals surface area (Å²) in [5.74, 6) is -2.42. The zero-order valence-electron chi connectivity index (χ0n) is 18.7. The van der Waals surface area contributed by atoms with Crippen molar-refractivity contribution in [3.05, 3.63) is 53.1 Å².